The molecule has 1 heterocycles. The molecule has 3 aromatic rings. The number of hydrogen-bond acceptors (Lipinski definition) is 3. The smallest absolute Gasteiger partial charge is 0.254 e. The summed E-state index contributed by atoms with van der Waals surface area (Å²) in [4.78, 5) is 16.1. The maximum Gasteiger partial charge on any atom is 0.254 e. The number of rotatable bonds is 5. The third-order valence-electron chi connectivity index (χ3n) is 3.47. The summed E-state index contributed by atoms with van der Waals surface area (Å²) in [7, 11) is 0. The van der Waals surface area contributed by atoms with Crippen molar-refractivity contribution in [2.24, 2.45) is 10.7 Å². The summed E-state index contributed by atoms with van der Waals surface area (Å²) in [5.74, 6) is -0.288. The molecule has 3 rings (SSSR count). The molecule has 120 valence electrons. The van der Waals surface area contributed by atoms with E-state index < -0.39 is 5.91 Å². The van der Waals surface area contributed by atoms with Crippen molar-refractivity contribution in [3.05, 3.63) is 82.0 Å². The highest BCUT2D eigenvalue weighted by Gasteiger charge is 2.18. The molecule has 0 unspecified atom stereocenters. The minimum absolute atomic E-state index is 0.281. The molecular formula is C18H15ClN4O. The maximum atomic E-state index is 11.8. The van der Waals surface area contributed by atoms with Gasteiger partial charge in [-0.25, -0.2) is 4.99 Å². The Morgan fingerprint density at radius 3 is 2.71 bits per heavy atom. The van der Waals surface area contributed by atoms with Crippen LogP contribution in [0.15, 0.2) is 59.6 Å². The minimum atomic E-state index is -0.569. The maximum absolute atomic E-state index is 11.8. The number of H-pyrrole nitrogens is 1. The van der Waals surface area contributed by atoms with Gasteiger partial charge in [0.1, 0.15) is 5.56 Å². The first-order valence-electron chi connectivity index (χ1n) is 7.34. The lowest BCUT2D eigenvalue weighted by Crippen LogP contribution is -2.13. The number of amides is 1. The molecule has 3 N–H and O–H groups in total. The van der Waals surface area contributed by atoms with Crippen molar-refractivity contribution in [2.45, 2.75) is 6.42 Å². The number of aromatic amines is 1. The average molecular weight is 339 g/mol. The lowest BCUT2D eigenvalue weighted by Gasteiger charge is -2.02. The molecular weight excluding hydrogens is 324 g/mol. The van der Waals surface area contributed by atoms with Gasteiger partial charge in [0.25, 0.3) is 5.91 Å². The van der Waals surface area contributed by atoms with Crippen LogP contribution in [-0.2, 0) is 6.42 Å². The second-order valence-corrected chi connectivity index (χ2v) is 5.68. The molecule has 0 aliphatic rings. The van der Waals surface area contributed by atoms with E-state index in [0.29, 0.717) is 22.7 Å². The number of primary amides is 1. The van der Waals surface area contributed by atoms with Crippen molar-refractivity contribution in [1.82, 2.24) is 10.2 Å². The van der Waals surface area contributed by atoms with E-state index in [2.05, 4.69) is 15.2 Å². The number of nitrogens with one attached hydrogen (secondary N) is 1. The lowest BCUT2D eigenvalue weighted by molar-refractivity contribution is 0.100. The quantitative estimate of drug-likeness (QED) is 0.698. The van der Waals surface area contributed by atoms with Crippen LogP contribution in [-0.4, -0.2) is 22.3 Å². The van der Waals surface area contributed by atoms with Crippen molar-refractivity contribution in [3.63, 3.8) is 0 Å². The van der Waals surface area contributed by atoms with E-state index in [0.717, 1.165) is 11.1 Å². The van der Waals surface area contributed by atoms with Crippen LogP contribution in [0.25, 0.3) is 0 Å². The molecule has 0 saturated heterocycles. The highest BCUT2D eigenvalue weighted by Crippen LogP contribution is 2.22. The number of benzene rings is 2. The Labute approximate surface area is 144 Å². The van der Waals surface area contributed by atoms with E-state index in [-0.39, 0.29) is 5.82 Å². The number of hydrogen-bond donors (Lipinski definition) is 2. The van der Waals surface area contributed by atoms with Crippen LogP contribution in [0.4, 0.5) is 5.82 Å². The first-order valence-corrected chi connectivity index (χ1v) is 7.72. The van der Waals surface area contributed by atoms with Crippen molar-refractivity contribution in [3.8, 4) is 0 Å². The minimum Gasteiger partial charge on any atom is -0.365 e. The Bertz CT molecular complexity index is 887. The molecule has 1 amide bonds. The Hall–Kier alpha value is -2.92. The monoisotopic (exact) mass is 338 g/mol. The molecule has 6 heteroatoms. The first-order chi connectivity index (χ1) is 11.6. The van der Waals surface area contributed by atoms with Gasteiger partial charge in [-0.2, -0.15) is 5.10 Å². The van der Waals surface area contributed by atoms with Crippen LogP contribution in [0, 0.1) is 0 Å². The van der Waals surface area contributed by atoms with Gasteiger partial charge in [0.15, 0.2) is 5.82 Å². The molecule has 2 aromatic carbocycles. The molecule has 0 bridgehead atoms. The normalized spacial score (nSPS) is 11.0. The molecule has 0 atom stereocenters. The zero-order valence-electron chi connectivity index (χ0n) is 12.7. The van der Waals surface area contributed by atoms with Crippen LogP contribution in [0.2, 0.25) is 5.02 Å². The van der Waals surface area contributed by atoms with Crippen LogP contribution < -0.4 is 5.73 Å². The van der Waals surface area contributed by atoms with Gasteiger partial charge in [0.05, 0.1) is 5.69 Å². The molecule has 24 heavy (non-hydrogen) atoms. The largest absolute Gasteiger partial charge is 0.365 e. The van der Waals surface area contributed by atoms with Gasteiger partial charge in [-0.1, -0.05) is 54.1 Å². The fraction of sp³-hybridized carbons (Fsp3) is 0.0556. The van der Waals surface area contributed by atoms with Gasteiger partial charge < -0.3 is 5.73 Å². The summed E-state index contributed by atoms with van der Waals surface area (Å²) in [5.41, 5.74) is 8.28. The van der Waals surface area contributed by atoms with Crippen molar-refractivity contribution in [2.75, 3.05) is 0 Å². The Morgan fingerprint density at radius 1 is 1.21 bits per heavy atom. The van der Waals surface area contributed by atoms with Crippen LogP contribution in [0.5, 0.6) is 0 Å². The molecule has 0 saturated carbocycles. The summed E-state index contributed by atoms with van der Waals surface area (Å²) in [6.07, 6.45) is 2.11. The number of aliphatic imine (C=N–C) groups is 1. The summed E-state index contributed by atoms with van der Waals surface area (Å²) in [6, 6.07) is 17.0. The molecule has 5 nitrogen and oxygen atoms in total. The second-order valence-electron chi connectivity index (χ2n) is 5.24. The van der Waals surface area contributed by atoms with Crippen LogP contribution in [0.3, 0.4) is 0 Å². The number of halogens is 1. The van der Waals surface area contributed by atoms with Crippen LogP contribution >= 0.6 is 11.6 Å². The zero-order valence-corrected chi connectivity index (χ0v) is 13.5. The van der Waals surface area contributed by atoms with Gasteiger partial charge in [-0.15, -0.1) is 0 Å². The SMILES string of the molecule is NC(=O)c1c(N=Cc2ccccc2)n[nH]c1Cc1cccc(Cl)c1. The molecule has 0 aliphatic carbocycles. The van der Waals surface area contributed by atoms with Gasteiger partial charge in [0, 0.05) is 17.7 Å². The first kappa shape index (κ1) is 16.0. The molecule has 0 aliphatic heterocycles. The molecule has 0 radical (unpaired) electrons. The summed E-state index contributed by atoms with van der Waals surface area (Å²) >= 11 is 6.00. The predicted octanol–water partition coefficient (Wildman–Crippen LogP) is 3.50. The number of carbonyl (C=O) groups excluding carboxylic acids is 1. The fourth-order valence-electron chi connectivity index (χ4n) is 2.37. The topological polar surface area (TPSA) is 84.1 Å². The summed E-state index contributed by atoms with van der Waals surface area (Å²) in [6.45, 7) is 0. The zero-order chi connectivity index (χ0) is 16.9. The molecule has 0 fully saturated rings. The Morgan fingerprint density at radius 2 is 2.00 bits per heavy atom. The van der Waals surface area contributed by atoms with Gasteiger partial charge >= 0.3 is 0 Å². The molecule has 0 spiro atoms. The van der Waals surface area contributed by atoms with Gasteiger partial charge in [0.2, 0.25) is 0 Å². The number of nitrogens with two attached hydrogens (primary N) is 1. The standard InChI is InChI=1S/C18H15ClN4O/c19-14-8-4-7-13(9-14)10-15-16(17(20)24)18(23-22-15)21-11-12-5-2-1-3-6-12/h1-9,11H,10H2,(H2,20,24)(H,22,23). The third-order valence-corrected chi connectivity index (χ3v) is 3.71. The van der Waals surface area contributed by atoms with Crippen LogP contribution in [0.1, 0.15) is 27.2 Å². The highest BCUT2D eigenvalue weighted by atomic mass is 35.5. The van der Waals surface area contributed by atoms with E-state index in [9.17, 15) is 4.79 Å². The second kappa shape index (κ2) is 7.10. The summed E-state index contributed by atoms with van der Waals surface area (Å²) in [5, 5.41) is 7.60. The molecule has 1 aromatic heterocycles. The fourth-order valence-corrected chi connectivity index (χ4v) is 2.59. The number of nitrogens with zero attached hydrogens (tertiary/aromatic N) is 2. The van der Waals surface area contributed by atoms with E-state index in [4.69, 9.17) is 17.3 Å². The Balaban J connectivity index is 1.90. The number of carbonyl (C=O) groups is 1. The lowest BCUT2D eigenvalue weighted by atomic mass is 10.1. The number of aromatic nitrogens is 2. The highest BCUT2D eigenvalue weighted by molar-refractivity contribution is 6.30. The van der Waals surface area contributed by atoms with E-state index in [1.165, 1.54) is 0 Å². The van der Waals surface area contributed by atoms with E-state index >= 15 is 0 Å². The van der Waals surface area contributed by atoms with E-state index in [1.54, 1.807) is 12.3 Å². The summed E-state index contributed by atoms with van der Waals surface area (Å²) < 4.78 is 0. The van der Waals surface area contributed by atoms with Gasteiger partial charge in [-0.3, -0.25) is 9.89 Å². The average Bonchev–Trinajstić information content (AvgIpc) is 2.97. The van der Waals surface area contributed by atoms with Crippen molar-refractivity contribution < 1.29 is 4.79 Å². The van der Waals surface area contributed by atoms with E-state index in [1.807, 2.05) is 48.5 Å². The Kier molecular flexibility index (Phi) is 4.72. The van der Waals surface area contributed by atoms with Gasteiger partial charge in [-0.05, 0) is 23.3 Å². The predicted molar refractivity (Wildman–Crippen MR) is 95.1 cm³/mol. The van der Waals surface area contributed by atoms with Crippen molar-refractivity contribution in [1.29, 1.82) is 0 Å². The third kappa shape index (κ3) is 3.70. The van der Waals surface area contributed by atoms with Crippen molar-refractivity contribution >= 4 is 29.5 Å².